The molecule has 0 fully saturated rings. The predicted octanol–water partition coefficient (Wildman–Crippen LogP) is -1.61. The molecule has 0 bridgehead atoms. The number of aliphatic hydroxyl groups excluding tert-OH is 1. The van der Waals surface area contributed by atoms with Crippen molar-refractivity contribution in [3.05, 3.63) is 0 Å². The van der Waals surface area contributed by atoms with Gasteiger partial charge >= 0.3 is 62.7 Å². The van der Waals surface area contributed by atoms with Crippen molar-refractivity contribution < 1.29 is 36.7 Å². The van der Waals surface area contributed by atoms with Crippen LogP contribution in [0.15, 0.2) is 0 Å². The number of aliphatic hydroxyl groups is 1. The second-order valence-electron chi connectivity index (χ2n) is 1.61. The molecule has 70 valence electrons. The van der Waals surface area contributed by atoms with E-state index < -0.39 is 26.5 Å². The molecule has 12 heavy (non-hydrogen) atoms. The van der Waals surface area contributed by atoms with Crippen LogP contribution in [0.1, 0.15) is 2.85 Å². The van der Waals surface area contributed by atoms with Crippen molar-refractivity contribution in [3.8, 4) is 0 Å². The van der Waals surface area contributed by atoms with E-state index in [2.05, 4.69) is 4.52 Å². The number of carboxylic acid groups (broad SMARTS) is 1. The van der Waals surface area contributed by atoms with Crippen LogP contribution >= 0.6 is 7.82 Å². The second-order valence-corrected chi connectivity index (χ2v) is 2.80. The fraction of sp³-hybridized carbons (Fsp3) is 0.667. The summed E-state index contributed by atoms with van der Waals surface area (Å²) in [5.74, 6) is -1.63. The van der Waals surface area contributed by atoms with Crippen LogP contribution in [0, 0.1) is 0 Å². The molecule has 0 saturated heterocycles. The van der Waals surface area contributed by atoms with Crippen LogP contribution in [0.25, 0.3) is 0 Å². The Hall–Kier alpha value is 1.11. The summed E-state index contributed by atoms with van der Waals surface area (Å²) in [6.07, 6.45) is -1.88. The third-order valence-corrected chi connectivity index (χ3v) is 1.23. The summed E-state index contributed by atoms with van der Waals surface area (Å²) in [7, 11) is -4.83. The number of phosphoric acid groups is 1. The third-order valence-electron chi connectivity index (χ3n) is 0.706. The van der Waals surface area contributed by atoms with E-state index in [9.17, 15) is 9.36 Å². The smallest absolute Gasteiger partial charge is 1.00 e. The van der Waals surface area contributed by atoms with Crippen molar-refractivity contribution in [1.29, 1.82) is 0 Å². The Morgan fingerprint density at radius 1 is 1.58 bits per heavy atom. The van der Waals surface area contributed by atoms with Gasteiger partial charge in [-0.05, 0) is 0 Å². The molecule has 9 heteroatoms. The number of carboxylic acids is 1. The Balaban J connectivity index is -0.000000167. The van der Waals surface area contributed by atoms with Gasteiger partial charge in [0, 0.05) is 0 Å². The molecule has 1 atom stereocenters. The van der Waals surface area contributed by atoms with Crippen LogP contribution in [0.5, 0.6) is 0 Å². The average molecular weight is 325 g/mol. The minimum atomic E-state index is -4.83. The Morgan fingerprint density at radius 2 is 2.00 bits per heavy atom. The van der Waals surface area contributed by atoms with Crippen molar-refractivity contribution in [3.63, 3.8) is 0 Å². The molecule has 0 heterocycles. The zero-order valence-corrected chi connectivity index (χ0v) is 11.3. The van der Waals surface area contributed by atoms with Gasteiger partial charge < -0.3 is 22.9 Å². The summed E-state index contributed by atoms with van der Waals surface area (Å²) >= 11 is 0. The quantitative estimate of drug-likeness (QED) is 0.362. The van der Waals surface area contributed by atoms with Crippen LogP contribution in [0.3, 0.4) is 0 Å². The summed E-state index contributed by atoms with van der Waals surface area (Å²) in [6.45, 7) is -0.986. The molecule has 0 aliphatic rings. The summed E-state index contributed by atoms with van der Waals surface area (Å²) in [6, 6.07) is 0. The van der Waals surface area contributed by atoms with Crippen molar-refractivity contribution in [2.24, 2.45) is 0 Å². The van der Waals surface area contributed by atoms with Gasteiger partial charge in [-0.15, -0.1) is 0 Å². The van der Waals surface area contributed by atoms with Crippen LogP contribution in [-0.2, 0) is 13.9 Å². The minimum absolute atomic E-state index is 0. The molecule has 1 unspecified atom stereocenters. The van der Waals surface area contributed by atoms with Crippen molar-refractivity contribution >= 4 is 62.7 Å². The minimum Gasteiger partial charge on any atom is -1.00 e. The predicted molar refractivity (Wildman–Crippen MR) is 39.6 cm³/mol. The van der Waals surface area contributed by atoms with E-state index >= 15 is 0 Å². The first-order chi connectivity index (χ1) is 4.87. The maximum absolute atomic E-state index is 10.0. The standard InChI is InChI=1S/C3H7O7P.Ba.2H/c4-1-2(3(5)6)10-11(7,8)9;;;/h2,4H,1H2,(H,5,6)(H2,7,8,9);;;/q;+2;2*-1. The summed E-state index contributed by atoms with van der Waals surface area (Å²) < 4.78 is 13.7. The molecule has 0 rings (SSSR count). The fourth-order valence-corrected chi connectivity index (χ4v) is 0.811. The molecule has 0 aromatic heterocycles. The monoisotopic (exact) mass is 326 g/mol. The summed E-state index contributed by atoms with van der Waals surface area (Å²) in [5, 5.41) is 16.3. The number of hydrogen-bond acceptors (Lipinski definition) is 4. The summed E-state index contributed by atoms with van der Waals surface area (Å²) in [5.41, 5.74) is 0. The molecule has 0 aromatic carbocycles. The van der Waals surface area contributed by atoms with Crippen molar-refractivity contribution in [1.82, 2.24) is 0 Å². The van der Waals surface area contributed by atoms with E-state index in [4.69, 9.17) is 20.0 Å². The molecular weight excluding hydrogens is 316 g/mol. The van der Waals surface area contributed by atoms with Gasteiger partial charge in [-0.25, -0.2) is 9.36 Å². The van der Waals surface area contributed by atoms with Gasteiger partial charge in [0.15, 0.2) is 6.10 Å². The number of rotatable bonds is 4. The van der Waals surface area contributed by atoms with E-state index in [1.54, 1.807) is 0 Å². The normalized spacial score (nSPS) is 13.2. The van der Waals surface area contributed by atoms with E-state index in [0.717, 1.165) is 0 Å². The first kappa shape index (κ1) is 15.6. The summed E-state index contributed by atoms with van der Waals surface area (Å²) in [4.78, 5) is 26.1. The van der Waals surface area contributed by atoms with E-state index in [-0.39, 0.29) is 51.7 Å². The number of hydrogen-bond donors (Lipinski definition) is 4. The Kier molecular flexibility index (Phi) is 8.50. The number of aliphatic carboxylic acids is 1. The van der Waals surface area contributed by atoms with Crippen LogP contribution in [0.4, 0.5) is 0 Å². The number of phosphoric ester groups is 1. The molecule has 0 aliphatic heterocycles. The average Bonchev–Trinajstić information content (AvgIpc) is 1.80. The second kappa shape index (κ2) is 6.55. The Bertz CT molecular complexity index is 195. The molecule has 0 spiro atoms. The zero-order chi connectivity index (χ0) is 9.07. The molecule has 0 amide bonds. The molecule has 0 aliphatic carbocycles. The van der Waals surface area contributed by atoms with Gasteiger partial charge in [-0.1, -0.05) is 0 Å². The van der Waals surface area contributed by atoms with Gasteiger partial charge in [-0.3, -0.25) is 4.52 Å². The molecular formula is C3H9BaO7P. The Morgan fingerprint density at radius 3 is 2.08 bits per heavy atom. The van der Waals surface area contributed by atoms with Gasteiger partial charge in [0.2, 0.25) is 0 Å². The van der Waals surface area contributed by atoms with Crippen LogP contribution in [-0.4, -0.2) is 87.6 Å². The van der Waals surface area contributed by atoms with Crippen molar-refractivity contribution in [2.75, 3.05) is 6.61 Å². The largest absolute Gasteiger partial charge is 2.00 e. The van der Waals surface area contributed by atoms with Gasteiger partial charge in [0.25, 0.3) is 0 Å². The van der Waals surface area contributed by atoms with Crippen LogP contribution < -0.4 is 0 Å². The topological polar surface area (TPSA) is 124 Å². The maximum Gasteiger partial charge on any atom is 2.00 e. The van der Waals surface area contributed by atoms with Gasteiger partial charge in [0.05, 0.1) is 6.61 Å². The van der Waals surface area contributed by atoms with E-state index in [0.29, 0.717) is 0 Å². The molecule has 7 nitrogen and oxygen atoms in total. The Labute approximate surface area is 111 Å². The molecule has 0 saturated carbocycles. The van der Waals surface area contributed by atoms with E-state index in [1.165, 1.54) is 0 Å². The molecule has 0 aromatic rings. The zero-order valence-electron chi connectivity index (χ0n) is 7.95. The van der Waals surface area contributed by atoms with Crippen molar-refractivity contribution in [2.45, 2.75) is 6.10 Å². The maximum atomic E-state index is 10.0. The first-order valence-electron chi connectivity index (χ1n) is 2.44. The fourth-order valence-electron chi connectivity index (χ4n) is 0.322. The van der Waals surface area contributed by atoms with E-state index in [1.807, 2.05) is 0 Å². The van der Waals surface area contributed by atoms with Crippen LogP contribution in [0.2, 0.25) is 0 Å². The van der Waals surface area contributed by atoms with Gasteiger partial charge in [-0.2, -0.15) is 0 Å². The molecule has 0 radical (unpaired) electrons. The molecule has 4 N–H and O–H groups in total. The first-order valence-corrected chi connectivity index (χ1v) is 3.97. The SMILES string of the molecule is O=C(O)C(CO)OP(=O)(O)O.[Ba+2].[H-].[H-]. The third kappa shape index (κ3) is 7.74. The van der Waals surface area contributed by atoms with Gasteiger partial charge in [0.1, 0.15) is 0 Å². The number of carbonyl (C=O) groups is 1.